The molecule has 0 aliphatic carbocycles. The highest BCUT2D eigenvalue weighted by molar-refractivity contribution is 6.00. The summed E-state index contributed by atoms with van der Waals surface area (Å²) in [4.78, 5) is 15.4. The van der Waals surface area contributed by atoms with E-state index in [1.54, 1.807) is 30.3 Å². The largest absolute Gasteiger partial charge is 0.433 e. The molecule has 0 saturated heterocycles. The molecule has 0 fully saturated rings. The first-order valence-corrected chi connectivity index (χ1v) is 7.85. The number of hydrogen-bond donors (Lipinski definition) is 1. The Morgan fingerprint density at radius 2 is 1.57 bits per heavy atom. The molecule has 0 atom stereocenters. The molecule has 2 aromatic heterocycles. The maximum absolute atomic E-state index is 13.6. The third-order valence-electron chi connectivity index (χ3n) is 4.25. The number of benzene rings is 2. The molecule has 0 saturated carbocycles. The van der Waals surface area contributed by atoms with E-state index in [1.165, 1.54) is 12.1 Å². The van der Waals surface area contributed by atoms with Gasteiger partial charge in [-0.25, -0.2) is 9.50 Å². The van der Waals surface area contributed by atoms with Gasteiger partial charge in [0.2, 0.25) is 0 Å². The number of nitrogens with zero attached hydrogens (tertiary/aromatic N) is 2. The number of nitrogens with one attached hydrogen (secondary N) is 1. The zero-order valence-electron chi connectivity index (χ0n) is 13.7. The second-order valence-corrected chi connectivity index (χ2v) is 6.02. The van der Waals surface area contributed by atoms with Crippen LogP contribution in [0.3, 0.4) is 0 Å². The molecular formula is C18H9F6N3O. The van der Waals surface area contributed by atoms with Crippen LogP contribution < -0.4 is 5.56 Å². The van der Waals surface area contributed by atoms with Crippen LogP contribution in [0.25, 0.3) is 27.5 Å². The molecule has 0 amide bonds. The van der Waals surface area contributed by atoms with Crippen LogP contribution in [0.2, 0.25) is 0 Å². The lowest BCUT2D eigenvalue weighted by atomic mass is 9.98. The maximum atomic E-state index is 13.6. The van der Waals surface area contributed by atoms with E-state index in [9.17, 15) is 31.1 Å². The van der Waals surface area contributed by atoms with Crippen molar-refractivity contribution in [3.63, 3.8) is 0 Å². The molecule has 0 spiro atoms. The fraction of sp³-hybridized carbons (Fsp3) is 0.111. The van der Waals surface area contributed by atoms with Gasteiger partial charge in [-0.3, -0.25) is 9.89 Å². The SMILES string of the molecule is O=c1cc(C(F)(F)F)nc2c(-c3cccc4ccccc34)c(C(F)(F)F)[nH]n12. The van der Waals surface area contributed by atoms with Crippen molar-refractivity contribution in [3.05, 3.63) is 70.3 Å². The van der Waals surface area contributed by atoms with E-state index in [2.05, 4.69) is 4.98 Å². The normalized spacial score (nSPS) is 12.8. The van der Waals surface area contributed by atoms with E-state index in [0.29, 0.717) is 15.3 Å². The number of hydrogen-bond acceptors (Lipinski definition) is 2. The quantitative estimate of drug-likeness (QED) is 0.466. The molecule has 2 heterocycles. The minimum absolute atomic E-state index is 0.00963. The Morgan fingerprint density at radius 1 is 0.893 bits per heavy atom. The van der Waals surface area contributed by atoms with Crippen LogP contribution in [-0.2, 0) is 12.4 Å². The van der Waals surface area contributed by atoms with E-state index < -0.39 is 40.5 Å². The van der Waals surface area contributed by atoms with Crippen molar-refractivity contribution in [1.82, 2.24) is 14.6 Å². The molecule has 0 unspecified atom stereocenters. The molecule has 0 radical (unpaired) electrons. The Hall–Kier alpha value is -3.30. The van der Waals surface area contributed by atoms with Crippen LogP contribution in [0.4, 0.5) is 26.3 Å². The molecule has 4 rings (SSSR count). The van der Waals surface area contributed by atoms with Crippen molar-refractivity contribution in [3.8, 4) is 11.1 Å². The Labute approximate surface area is 152 Å². The third-order valence-corrected chi connectivity index (χ3v) is 4.25. The van der Waals surface area contributed by atoms with E-state index in [0.717, 1.165) is 0 Å². The summed E-state index contributed by atoms with van der Waals surface area (Å²) in [5.41, 5.74) is -5.57. The lowest BCUT2D eigenvalue weighted by Crippen LogP contribution is -2.20. The third kappa shape index (κ3) is 2.81. The smallest absolute Gasteiger partial charge is 0.284 e. The molecule has 2 aromatic carbocycles. The molecule has 0 aliphatic heterocycles. The molecule has 10 heteroatoms. The zero-order valence-corrected chi connectivity index (χ0v) is 13.7. The highest BCUT2D eigenvalue weighted by Crippen LogP contribution is 2.41. The average molecular weight is 397 g/mol. The van der Waals surface area contributed by atoms with Crippen molar-refractivity contribution >= 4 is 16.4 Å². The van der Waals surface area contributed by atoms with Crippen LogP contribution >= 0.6 is 0 Å². The lowest BCUT2D eigenvalue weighted by molar-refractivity contribution is -0.141. The number of rotatable bonds is 1. The average Bonchev–Trinajstić information content (AvgIpc) is 3.01. The molecule has 0 bridgehead atoms. The number of fused-ring (bicyclic) bond motifs is 2. The molecule has 28 heavy (non-hydrogen) atoms. The van der Waals surface area contributed by atoms with Gasteiger partial charge in [0.25, 0.3) is 5.56 Å². The first kappa shape index (κ1) is 18.1. The zero-order chi connectivity index (χ0) is 20.3. The standard InChI is InChI=1S/C18H9F6N3O/c19-17(20,21)12-8-13(28)27-16(25-12)14(15(26-27)18(22,23)24)11-7-3-5-9-4-1-2-6-10(9)11/h1-8,26H. The Bertz CT molecular complexity index is 1260. The Kier molecular flexibility index (Phi) is 3.78. The number of aromatic amines is 1. The molecular weight excluding hydrogens is 388 g/mol. The predicted molar refractivity (Wildman–Crippen MR) is 88.8 cm³/mol. The van der Waals surface area contributed by atoms with Gasteiger partial charge in [0.15, 0.2) is 11.3 Å². The van der Waals surface area contributed by atoms with Gasteiger partial charge in [0, 0.05) is 6.07 Å². The summed E-state index contributed by atoms with van der Waals surface area (Å²) in [6.07, 6.45) is -9.94. The second kappa shape index (κ2) is 5.85. The minimum atomic E-state index is -4.99. The number of aromatic nitrogens is 3. The van der Waals surface area contributed by atoms with Crippen molar-refractivity contribution in [2.24, 2.45) is 0 Å². The van der Waals surface area contributed by atoms with Crippen molar-refractivity contribution < 1.29 is 26.3 Å². The van der Waals surface area contributed by atoms with E-state index in [1.807, 2.05) is 5.10 Å². The van der Waals surface area contributed by atoms with E-state index in [-0.39, 0.29) is 11.6 Å². The van der Waals surface area contributed by atoms with E-state index >= 15 is 0 Å². The van der Waals surface area contributed by atoms with Gasteiger partial charge in [0.1, 0.15) is 5.69 Å². The van der Waals surface area contributed by atoms with Gasteiger partial charge < -0.3 is 0 Å². The van der Waals surface area contributed by atoms with E-state index in [4.69, 9.17) is 0 Å². The molecule has 0 aliphatic rings. The first-order chi connectivity index (χ1) is 13.1. The highest BCUT2D eigenvalue weighted by Gasteiger charge is 2.40. The summed E-state index contributed by atoms with van der Waals surface area (Å²) in [6.45, 7) is 0. The minimum Gasteiger partial charge on any atom is -0.284 e. The summed E-state index contributed by atoms with van der Waals surface area (Å²) >= 11 is 0. The molecule has 4 nitrogen and oxygen atoms in total. The monoisotopic (exact) mass is 397 g/mol. The number of alkyl halides is 6. The fourth-order valence-electron chi connectivity index (χ4n) is 3.09. The Morgan fingerprint density at radius 3 is 2.25 bits per heavy atom. The summed E-state index contributed by atoms with van der Waals surface area (Å²) in [7, 11) is 0. The number of halogens is 6. The van der Waals surface area contributed by atoms with Crippen molar-refractivity contribution in [2.75, 3.05) is 0 Å². The molecule has 1 N–H and O–H groups in total. The topological polar surface area (TPSA) is 50.2 Å². The fourth-order valence-corrected chi connectivity index (χ4v) is 3.09. The lowest BCUT2D eigenvalue weighted by Gasteiger charge is -2.10. The second-order valence-electron chi connectivity index (χ2n) is 6.02. The summed E-state index contributed by atoms with van der Waals surface area (Å²) < 4.78 is 80.5. The maximum Gasteiger partial charge on any atom is 0.433 e. The summed E-state index contributed by atoms with van der Waals surface area (Å²) in [5, 5.41) is 2.83. The van der Waals surface area contributed by atoms with Crippen LogP contribution in [0, 0.1) is 0 Å². The summed E-state index contributed by atoms with van der Waals surface area (Å²) in [5.74, 6) is 0. The van der Waals surface area contributed by atoms with Gasteiger partial charge in [-0.05, 0) is 16.3 Å². The van der Waals surface area contributed by atoms with Crippen molar-refractivity contribution in [2.45, 2.75) is 12.4 Å². The van der Waals surface area contributed by atoms with Crippen LogP contribution in [0.15, 0.2) is 53.3 Å². The van der Waals surface area contributed by atoms with Gasteiger partial charge in [0.05, 0.1) is 5.56 Å². The first-order valence-electron chi connectivity index (χ1n) is 7.85. The summed E-state index contributed by atoms with van der Waals surface area (Å²) in [6, 6.07) is 11.1. The van der Waals surface area contributed by atoms with Crippen LogP contribution in [0.1, 0.15) is 11.4 Å². The predicted octanol–water partition coefficient (Wildman–Crippen LogP) is 4.88. The van der Waals surface area contributed by atoms with Crippen molar-refractivity contribution in [1.29, 1.82) is 0 Å². The Balaban J connectivity index is 2.19. The van der Waals surface area contributed by atoms with Crippen LogP contribution in [0.5, 0.6) is 0 Å². The van der Waals surface area contributed by atoms with Gasteiger partial charge in [-0.2, -0.15) is 26.3 Å². The van der Waals surface area contributed by atoms with Gasteiger partial charge in [-0.1, -0.05) is 42.5 Å². The molecule has 4 aromatic rings. The van der Waals surface area contributed by atoms with Gasteiger partial charge >= 0.3 is 12.4 Å². The van der Waals surface area contributed by atoms with Crippen LogP contribution in [-0.4, -0.2) is 14.6 Å². The number of H-pyrrole nitrogens is 1. The highest BCUT2D eigenvalue weighted by atomic mass is 19.4. The molecule has 144 valence electrons. The van der Waals surface area contributed by atoms with Gasteiger partial charge in [-0.15, -0.1) is 0 Å².